The van der Waals surface area contributed by atoms with E-state index in [4.69, 9.17) is 0 Å². The van der Waals surface area contributed by atoms with E-state index in [0.717, 1.165) is 61.6 Å². The number of benzene rings is 1. The maximum absolute atomic E-state index is 12.8. The first kappa shape index (κ1) is 22.9. The molecule has 164 valence electrons. The van der Waals surface area contributed by atoms with E-state index in [0.29, 0.717) is 11.7 Å². The maximum atomic E-state index is 12.8. The van der Waals surface area contributed by atoms with Crippen LogP contribution in [0.4, 0.5) is 5.69 Å². The highest BCUT2D eigenvalue weighted by Gasteiger charge is 2.36. The Morgan fingerprint density at radius 3 is 2.57 bits per heavy atom. The van der Waals surface area contributed by atoms with Crippen LogP contribution in [0.3, 0.4) is 0 Å². The summed E-state index contributed by atoms with van der Waals surface area (Å²) in [5.74, 6) is 0.277. The molecule has 2 aliphatic rings. The zero-order valence-corrected chi connectivity index (χ0v) is 19.2. The number of nitrogens with zero attached hydrogens (tertiary/aromatic N) is 2. The van der Waals surface area contributed by atoms with Crippen LogP contribution < -0.4 is 10.2 Å². The minimum absolute atomic E-state index is 0.0730. The van der Waals surface area contributed by atoms with E-state index < -0.39 is 0 Å². The van der Waals surface area contributed by atoms with E-state index in [9.17, 15) is 9.59 Å². The molecule has 1 aromatic carbocycles. The van der Waals surface area contributed by atoms with Gasteiger partial charge in [0.1, 0.15) is 0 Å². The molecule has 1 heterocycles. The zero-order chi connectivity index (χ0) is 21.3. The Morgan fingerprint density at radius 2 is 1.87 bits per heavy atom. The Balaban J connectivity index is 1.65. The molecule has 1 saturated carbocycles. The Labute approximate surface area is 185 Å². The van der Waals surface area contributed by atoms with Gasteiger partial charge >= 0.3 is 0 Å². The van der Waals surface area contributed by atoms with Crippen molar-refractivity contribution in [1.29, 1.82) is 0 Å². The van der Waals surface area contributed by atoms with Gasteiger partial charge in [-0.2, -0.15) is 4.99 Å². The topological polar surface area (TPSA) is 61.8 Å². The summed E-state index contributed by atoms with van der Waals surface area (Å²) < 4.78 is 0. The minimum Gasteiger partial charge on any atom is -0.356 e. The molecule has 3 rings (SSSR count). The van der Waals surface area contributed by atoms with Gasteiger partial charge in [0.15, 0.2) is 5.17 Å². The van der Waals surface area contributed by atoms with E-state index in [1.807, 2.05) is 0 Å². The number of rotatable bonds is 7. The van der Waals surface area contributed by atoms with Crippen molar-refractivity contribution in [3.05, 3.63) is 29.8 Å². The monoisotopic (exact) mass is 429 g/mol. The van der Waals surface area contributed by atoms with E-state index >= 15 is 0 Å². The van der Waals surface area contributed by atoms with E-state index in [2.05, 4.69) is 53.3 Å². The molecule has 2 unspecified atom stereocenters. The molecule has 0 bridgehead atoms. The lowest BCUT2D eigenvalue weighted by atomic mass is 9.90. The molecule has 0 radical (unpaired) electrons. The van der Waals surface area contributed by atoms with Crippen molar-refractivity contribution in [1.82, 2.24) is 5.32 Å². The highest BCUT2D eigenvalue weighted by molar-refractivity contribution is 8.14. The number of amides is 2. The molecular formula is C24H35N3O2S. The molecule has 1 aromatic rings. The van der Waals surface area contributed by atoms with Crippen LogP contribution >= 0.6 is 11.8 Å². The number of aliphatic imine (C=N–C) groups is 1. The van der Waals surface area contributed by atoms with Gasteiger partial charge < -0.3 is 10.2 Å². The smallest absolute Gasteiger partial charge is 0.252 e. The summed E-state index contributed by atoms with van der Waals surface area (Å²) in [7, 11) is 0. The first-order chi connectivity index (χ1) is 14.6. The van der Waals surface area contributed by atoms with Crippen LogP contribution in [-0.2, 0) is 16.0 Å². The molecule has 30 heavy (non-hydrogen) atoms. The van der Waals surface area contributed by atoms with Crippen molar-refractivity contribution in [2.75, 3.05) is 18.0 Å². The summed E-state index contributed by atoms with van der Waals surface area (Å²) >= 11 is 1.80. The number of carbonyl (C=O) groups is 2. The van der Waals surface area contributed by atoms with Gasteiger partial charge in [-0.15, -0.1) is 0 Å². The highest BCUT2D eigenvalue weighted by atomic mass is 32.2. The predicted octanol–water partition coefficient (Wildman–Crippen LogP) is 4.94. The van der Waals surface area contributed by atoms with Crippen LogP contribution in [0, 0.1) is 5.92 Å². The van der Waals surface area contributed by atoms with Crippen LogP contribution in [0.1, 0.15) is 70.8 Å². The first-order valence-electron chi connectivity index (χ1n) is 11.5. The zero-order valence-electron chi connectivity index (χ0n) is 18.4. The SMILES string of the molecule is CCCNC(=O)CCc1ccc(N(CC)C2=NC(=O)C3CCCCCCC3S2)cc1. The van der Waals surface area contributed by atoms with Crippen LogP contribution in [-0.4, -0.2) is 35.3 Å². The van der Waals surface area contributed by atoms with Gasteiger partial charge in [0.25, 0.3) is 5.91 Å². The maximum Gasteiger partial charge on any atom is 0.252 e. The third kappa shape index (κ3) is 6.10. The number of hydrogen-bond acceptors (Lipinski definition) is 4. The van der Waals surface area contributed by atoms with Crippen molar-refractivity contribution in [3.63, 3.8) is 0 Å². The number of aryl methyl sites for hydroxylation is 1. The van der Waals surface area contributed by atoms with Crippen LogP contribution in [0.5, 0.6) is 0 Å². The third-order valence-electron chi connectivity index (χ3n) is 5.99. The number of anilines is 1. The molecule has 1 aliphatic carbocycles. The molecule has 0 saturated heterocycles. The normalized spacial score (nSPS) is 21.8. The van der Waals surface area contributed by atoms with Gasteiger partial charge in [0.2, 0.25) is 5.91 Å². The molecule has 6 heteroatoms. The lowest BCUT2D eigenvalue weighted by molar-refractivity contribution is -0.122. The summed E-state index contributed by atoms with van der Waals surface area (Å²) in [5, 5.41) is 4.13. The number of carbonyl (C=O) groups excluding carboxylic acids is 2. The molecular weight excluding hydrogens is 394 g/mol. The Morgan fingerprint density at radius 1 is 1.13 bits per heavy atom. The van der Waals surface area contributed by atoms with Crippen LogP contribution in [0.25, 0.3) is 0 Å². The minimum atomic E-state index is 0.0730. The summed E-state index contributed by atoms with van der Waals surface area (Å²) in [6.45, 7) is 5.67. The predicted molar refractivity (Wildman–Crippen MR) is 126 cm³/mol. The fourth-order valence-electron chi connectivity index (χ4n) is 4.22. The number of amidine groups is 1. The second-order valence-electron chi connectivity index (χ2n) is 8.25. The van der Waals surface area contributed by atoms with E-state index in [1.54, 1.807) is 11.8 Å². The number of hydrogen-bond donors (Lipinski definition) is 1. The van der Waals surface area contributed by atoms with Gasteiger partial charge in [0.05, 0.1) is 5.92 Å². The lowest BCUT2D eigenvalue weighted by Crippen LogP contribution is -2.39. The summed E-state index contributed by atoms with van der Waals surface area (Å²) in [6.07, 6.45) is 9.17. The van der Waals surface area contributed by atoms with Crippen LogP contribution in [0.15, 0.2) is 29.3 Å². The fraction of sp³-hybridized carbons (Fsp3) is 0.625. The summed E-state index contributed by atoms with van der Waals surface area (Å²) in [4.78, 5) is 31.3. The van der Waals surface area contributed by atoms with Gasteiger partial charge in [-0.05, 0) is 50.3 Å². The highest BCUT2D eigenvalue weighted by Crippen LogP contribution is 2.38. The van der Waals surface area contributed by atoms with Crippen molar-refractivity contribution in [2.45, 2.75) is 76.9 Å². The molecule has 2 amide bonds. The summed E-state index contributed by atoms with van der Waals surface area (Å²) in [5.41, 5.74) is 2.20. The molecule has 1 fully saturated rings. The number of fused-ring (bicyclic) bond motifs is 1. The molecule has 1 aliphatic heterocycles. The third-order valence-corrected chi connectivity index (χ3v) is 7.38. The average Bonchev–Trinajstić information content (AvgIpc) is 2.73. The van der Waals surface area contributed by atoms with Gasteiger partial charge in [-0.3, -0.25) is 9.59 Å². The molecule has 0 aromatic heterocycles. The van der Waals surface area contributed by atoms with Crippen molar-refractivity contribution in [3.8, 4) is 0 Å². The van der Waals surface area contributed by atoms with Crippen molar-refractivity contribution >= 4 is 34.4 Å². The first-order valence-corrected chi connectivity index (χ1v) is 12.4. The molecule has 1 N–H and O–H groups in total. The largest absolute Gasteiger partial charge is 0.356 e. The van der Waals surface area contributed by atoms with Gasteiger partial charge in [0, 0.05) is 30.4 Å². The fourth-order valence-corrected chi connectivity index (χ4v) is 5.69. The van der Waals surface area contributed by atoms with Crippen LogP contribution in [0.2, 0.25) is 0 Å². The lowest BCUT2D eigenvalue weighted by Gasteiger charge is -2.34. The Kier molecular flexibility index (Phi) is 8.79. The average molecular weight is 430 g/mol. The molecule has 2 atom stereocenters. The Bertz CT molecular complexity index is 747. The molecule has 5 nitrogen and oxygen atoms in total. The second kappa shape index (κ2) is 11.5. The van der Waals surface area contributed by atoms with Crippen molar-refractivity contribution < 1.29 is 9.59 Å². The summed E-state index contributed by atoms with van der Waals surface area (Å²) in [6, 6.07) is 8.33. The number of nitrogens with one attached hydrogen (secondary N) is 1. The standard InChI is InChI=1S/C24H35N3O2S/c1-3-17-25-22(28)16-13-18-11-14-19(15-12-18)27(4-2)24-26-23(29)20-9-7-5-6-8-10-21(20)30-24/h11-12,14-15,20-21H,3-10,13,16-17H2,1-2H3,(H,25,28). The molecule has 0 spiro atoms. The van der Waals surface area contributed by atoms with Gasteiger partial charge in [-0.25, -0.2) is 0 Å². The quantitative estimate of drug-likeness (QED) is 0.667. The van der Waals surface area contributed by atoms with E-state index in [-0.39, 0.29) is 17.7 Å². The van der Waals surface area contributed by atoms with Crippen molar-refractivity contribution in [2.24, 2.45) is 10.9 Å². The Hall–Kier alpha value is -1.82. The number of thioether (sulfide) groups is 1. The van der Waals surface area contributed by atoms with Gasteiger partial charge in [-0.1, -0.05) is 56.5 Å². The van der Waals surface area contributed by atoms with E-state index in [1.165, 1.54) is 19.3 Å². The second-order valence-corrected chi connectivity index (χ2v) is 9.45.